The van der Waals surface area contributed by atoms with Crippen LogP contribution in [0.15, 0.2) is 65.5 Å². The van der Waals surface area contributed by atoms with E-state index in [1.165, 1.54) is 12.1 Å². The smallest absolute Gasteiger partial charge is 0.377 e. The predicted molar refractivity (Wildman–Crippen MR) is 96.7 cm³/mol. The first-order valence-corrected chi connectivity index (χ1v) is 8.15. The first kappa shape index (κ1) is 17.4. The number of carbonyl (C=O) groups is 2. The summed E-state index contributed by atoms with van der Waals surface area (Å²) in [6, 6.07) is 17.1. The minimum Gasteiger partial charge on any atom is -0.494 e. The number of carboxylic acids is 1. The molecule has 26 heavy (non-hydrogen) atoms. The van der Waals surface area contributed by atoms with Crippen LogP contribution in [-0.2, 0) is 11.3 Å². The Kier molecular flexibility index (Phi) is 5.12. The summed E-state index contributed by atoms with van der Waals surface area (Å²) in [7, 11) is 0. The number of ketones is 1. The number of carbonyl (C=O) groups excluding carboxylic acids is 1. The summed E-state index contributed by atoms with van der Waals surface area (Å²) in [4.78, 5) is 34.3. The topological polar surface area (TPSA) is 85.6 Å². The average molecular weight is 351 g/mol. The van der Waals surface area contributed by atoms with E-state index < -0.39 is 11.8 Å². The number of fused-ring (bicyclic) bond motifs is 1. The van der Waals surface area contributed by atoms with Gasteiger partial charge in [-0.3, -0.25) is 9.59 Å². The second-order valence-electron chi connectivity index (χ2n) is 5.75. The number of nitrogens with zero attached hydrogens (tertiary/aromatic N) is 1. The van der Waals surface area contributed by atoms with E-state index in [0.29, 0.717) is 25.3 Å². The van der Waals surface area contributed by atoms with Gasteiger partial charge in [0, 0.05) is 18.2 Å². The van der Waals surface area contributed by atoms with Crippen molar-refractivity contribution >= 4 is 22.7 Å². The Balaban J connectivity index is 1.64. The van der Waals surface area contributed by atoms with Gasteiger partial charge in [0.1, 0.15) is 5.75 Å². The molecule has 0 unspecified atom stereocenters. The second kappa shape index (κ2) is 7.65. The van der Waals surface area contributed by atoms with Gasteiger partial charge < -0.3 is 14.4 Å². The van der Waals surface area contributed by atoms with Crippen LogP contribution in [0.5, 0.6) is 5.75 Å². The molecule has 0 saturated heterocycles. The lowest BCUT2D eigenvalue weighted by molar-refractivity contribution is -0.131. The highest BCUT2D eigenvalue weighted by molar-refractivity contribution is 6.39. The summed E-state index contributed by atoms with van der Waals surface area (Å²) in [5, 5.41) is 9.75. The number of ether oxygens (including phenoxy) is 1. The number of pyridine rings is 1. The van der Waals surface area contributed by atoms with E-state index in [0.717, 1.165) is 10.9 Å². The normalized spacial score (nSPS) is 10.6. The maximum absolute atomic E-state index is 12.1. The maximum Gasteiger partial charge on any atom is 0.377 e. The summed E-state index contributed by atoms with van der Waals surface area (Å²) < 4.78 is 7.29. The fourth-order valence-electron chi connectivity index (χ4n) is 2.74. The molecule has 1 N–H and O–H groups in total. The Morgan fingerprint density at radius 1 is 1.00 bits per heavy atom. The first-order valence-electron chi connectivity index (χ1n) is 8.15. The predicted octanol–water partition coefficient (Wildman–Crippen LogP) is 2.74. The molecule has 0 saturated carbocycles. The Labute approximate surface area is 149 Å². The highest BCUT2D eigenvalue weighted by Gasteiger charge is 2.14. The molecular formula is C20H17NO5. The third kappa shape index (κ3) is 3.80. The van der Waals surface area contributed by atoms with Gasteiger partial charge in [0.15, 0.2) is 0 Å². The van der Waals surface area contributed by atoms with E-state index >= 15 is 0 Å². The van der Waals surface area contributed by atoms with Gasteiger partial charge in [-0.2, -0.15) is 0 Å². The van der Waals surface area contributed by atoms with Crippen LogP contribution >= 0.6 is 0 Å². The van der Waals surface area contributed by atoms with Crippen molar-refractivity contribution in [3.63, 3.8) is 0 Å². The third-order valence-corrected chi connectivity index (χ3v) is 3.98. The molecule has 0 radical (unpaired) electrons. The Bertz CT molecular complexity index is 1020. The van der Waals surface area contributed by atoms with Gasteiger partial charge >= 0.3 is 5.97 Å². The van der Waals surface area contributed by atoms with Gasteiger partial charge in [0.25, 0.3) is 11.3 Å². The van der Waals surface area contributed by atoms with E-state index in [-0.39, 0.29) is 11.1 Å². The molecule has 6 heteroatoms. The Morgan fingerprint density at radius 3 is 2.62 bits per heavy atom. The monoisotopic (exact) mass is 351 g/mol. The summed E-state index contributed by atoms with van der Waals surface area (Å²) in [6.07, 6.45) is 0.588. The first-order chi connectivity index (χ1) is 12.6. The van der Waals surface area contributed by atoms with E-state index in [1.807, 2.05) is 24.3 Å². The third-order valence-electron chi connectivity index (χ3n) is 3.98. The molecule has 0 aliphatic heterocycles. The average Bonchev–Trinajstić information content (AvgIpc) is 2.66. The lowest BCUT2D eigenvalue weighted by Crippen LogP contribution is -2.20. The number of carboxylic acid groups (broad SMARTS) is 1. The van der Waals surface area contributed by atoms with Crippen molar-refractivity contribution in [2.24, 2.45) is 0 Å². The van der Waals surface area contributed by atoms with Crippen LogP contribution in [0.25, 0.3) is 10.9 Å². The zero-order valence-electron chi connectivity index (χ0n) is 13.9. The minimum atomic E-state index is -1.50. The van der Waals surface area contributed by atoms with E-state index in [9.17, 15) is 14.4 Å². The molecule has 3 aromatic rings. The number of benzene rings is 2. The number of aryl methyl sites for hydroxylation is 1. The molecule has 1 aromatic heterocycles. The molecule has 0 spiro atoms. The fraction of sp³-hybridized carbons (Fsp3) is 0.150. The molecule has 3 rings (SSSR count). The van der Waals surface area contributed by atoms with Crippen LogP contribution in [0.1, 0.15) is 16.8 Å². The van der Waals surface area contributed by atoms with Crippen LogP contribution in [-0.4, -0.2) is 28.0 Å². The molecule has 0 bridgehead atoms. The number of aliphatic carboxylic acids is 1. The summed E-state index contributed by atoms with van der Waals surface area (Å²) in [5.41, 5.74) is 0.868. The largest absolute Gasteiger partial charge is 0.494 e. The molecule has 0 aliphatic carbocycles. The van der Waals surface area contributed by atoms with Crippen LogP contribution in [0.2, 0.25) is 0 Å². The van der Waals surface area contributed by atoms with Crippen molar-refractivity contribution in [3.8, 4) is 5.75 Å². The number of Topliss-reactive ketones (excluding diaryl/α,β-unsaturated/α-hetero) is 1. The van der Waals surface area contributed by atoms with Gasteiger partial charge in [-0.05, 0) is 36.1 Å². The minimum absolute atomic E-state index is 0.0697. The number of rotatable bonds is 7. The molecule has 132 valence electrons. The van der Waals surface area contributed by atoms with E-state index in [1.54, 1.807) is 28.8 Å². The van der Waals surface area contributed by atoms with Gasteiger partial charge in [-0.25, -0.2) is 4.79 Å². The fourth-order valence-corrected chi connectivity index (χ4v) is 2.74. The maximum atomic E-state index is 12.1. The Hall–Kier alpha value is -3.41. The molecule has 0 aliphatic rings. The molecule has 0 atom stereocenters. The molecule has 6 nitrogen and oxygen atoms in total. The highest BCUT2D eigenvalue weighted by atomic mass is 16.5. The van der Waals surface area contributed by atoms with E-state index in [4.69, 9.17) is 9.84 Å². The lowest BCUT2D eigenvalue weighted by atomic mass is 10.1. The van der Waals surface area contributed by atoms with Crippen LogP contribution in [0.3, 0.4) is 0 Å². The van der Waals surface area contributed by atoms with E-state index in [2.05, 4.69) is 0 Å². The number of hydrogen-bond donors (Lipinski definition) is 1. The van der Waals surface area contributed by atoms with Crippen molar-refractivity contribution in [3.05, 3.63) is 76.6 Å². The summed E-state index contributed by atoms with van der Waals surface area (Å²) in [6.45, 7) is 0.828. The van der Waals surface area contributed by atoms with Crippen LogP contribution < -0.4 is 10.3 Å². The standard InChI is InChI=1S/C20H17NO5/c22-18-10-9-14-5-1-2-8-17(14)21(18)11-4-12-26-16-7-3-6-15(13-16)19(23)20(24)25/h1-3,5-10,13H,4,11-12H2,(H,24,25). The van der Waals surface area contributed by atoms with Gasteiger partial charge in [0.05, 0.1) is 12.1 Å². The number of hydrogen-bond acceptors (Lipinski definition) is 4. The SMILES string of the molecule is O=C(O)C(=O)c1cccc(OCCCn2c(=O)ccc3ccccc32)c1. The zero-order chi connectivity index (χ0) is 18.5. The van der Waals surface area contributed by atoms with Crippen molar-refractivity contribution in [1.29, 1.82) is 0 Å². The molecule has 2 aromatic carbocycles. The van der Waals surface area contributed by atoms with Crippen LogP contribution in [0, 0.1) is 0 Å². The Morgan fingerprint density at radius 2 is 1.81 bits per heavy atom. The quantitative estimate of drug-likeness (QED) is 0.402. The van der Waals surface area contributed by atoms with Gasteiger partial charge in [-0.1, -0.05) is 30.3 Å². The molecule has 0 amide bonds. The summed E-state index contributed by atoms with van der Waals surface area (Å²) >= 11 is 0. The van der Waals surface area contributed by atoms with Crippen molar-refractivity contribution in [1.82, 2.24) is 4.57 Å². The number of aromatic nitrogens is 1. The summed E-state index contributed by atoms with van der Waals surface area (Å²) in [5.74, 6) is -2.06. The van der Waals surface area contributed by atoms with Crippen molar-refractivity contribution in [2.75, 3.05) is 6.61 Å². The second-order valence-corrected chi connectivity index (χ2v) is 5.75. The highest BCUT2D eigenvalue weighted by Crippen LogP contribution is 2.15. The van der Waals surface area contributed by atoms with Gasteiger partial charge in [0.2, 0.25) is 0 Å². The lowest BCUT2D eigenvalue weighted by Gasteiger charge is -2.11. The van der Waals surface area contributed by atoms with Crippen molar-refractivity contribution < 1.29 is 19.4 Å². The zero-order valence-corrected chi connectivity index (χ0v) is 13.9. The van der Waals surface area contributed by atoms with Crippen molar-refractivity contribution in [2.45, 2.75) is 13.0 Å². The van der Waals surface area contributed by atoms with Crippen LogP contribution in [0.4, 0.5) is 0 Å². The molecule has 0 fully saturated rings. The molecular weight excluding hydrogens is 334 g/mol. The number of para-hydroxylation sites is 1. The van der Waals surface area contributed by atoms with Gasteiger partial charge in [-0.15, -0.1) is 0 Å². The molecule has 1 heterocycles.